The van der Waals surface area contributed by atoms with Gasteiger partial charge in [-0.05, 0) is 24.3 Å². The molecule has 0 saturated carbocycles. The maximum absolute atomic E-state index is 11.8. The van der Waals surface area contributed by atoms with Crippen LogP contribution in [0.15, 0.2) is 57.8 Å². The van der Waals surface area contributed by atoms with Crippen molar-refractivity contribution in [3.8, 4) is 5.75 Å². The number of methoxy groups -OCH3 is 1. The minimum atomic E-state index is -0.512. The van der Waals surface area contributed by atoms with Crippen LogP contribution >= 0.6 is 0 Å². The minimum Gasteiger partial charge on any atom is -0.496 e. The van der Waals surface area contributed by atoms with E-state index >= 15 is 0 Å². The number of carbonyl (C=O) groups excluding carboxylic acids is 1. The molecule has 0 fully saturated rings. The van der Waals surface area contributed by atoms with Gasteiger partial charge < -0.3 is 13.9 Å². The molecule has 100 valence electrons. The number of nitrogens with zero attached hydrogens (tertiary/aromatic N) is 1. The lowest BCUT2D eigenvalue weighted by molar-refractivity contribution is -0.130. The van der Waals surface area contributed by atoms with Crippen LogP contribution in [0.5, 0.6) is 5.75 Å². The molecule has 2 heterocycles. The first-order chi connectivity index (χ1) is 9.78. The Labute approximate surface area is 115 Å². The van der Waals surface area contributed by atoms with Crippen LogP contribution in [-0.2, 0) is 9.53 Å². The van der Waals surface area contributed by atoms with Gasteiger partial charge in [0.25, 0.3) is 5.90 Å². The lowest BCUT2D eigenvalue weighted by atomic mass is 10.1. The first kappa shape index (κ1) is 12.2. The van der Waals surface area contributed by atoms with E-state index < -0.39 is 5.97 Å². The lowest BCUT2D eigenvalue weighted by Crippen LogP contribution is -2.04. The van der Waals surface area contributed by atoms with Crippen LogP contribution in [0.2, 0.25) is 0 Å². The van der Waals surface area contributed by atoms with E-state index in [-0.39, 0.29) is 11.6 Å². The van der Waals surface area contributed by atoms with E-state index in [2.05, 4.69) is 4.99 Å². The van der Waals surface area contributed by atoms with Crippen molar-refractivity contribution in [3.05, 3.63) is 59.7 Å². The first-order valence-corrected chi connectivity index (χ1v) is 5.97. The molecule has 0 radical (unpaired) electrons. The van der Waals surface area contributed by atoms with E-state index in [1.165, 1.54) is 6.26 Å². The Morgan fingerprint density at radius 1 is 1.20 bits per heavy atom. The molecule has 0 aliphatic carbocycles. The molecule has 3 rings (SSSR count). The maximum atomic E-state index is 11.8. The zero-order valence-electron chi connectivity index (χ0n) is 10.7. The maximum Gasteiger partial charge on any atom is 0.363 e. The largest absolute Gasteiger partial charge is 0.496 e. The predicted molar refractivity (Wildman–Crippen MR) is 72.3 cm³/mol. The molecule has 2 aromatic rings. The van der Waals surface area contributed by atoms with Gasteiger partial charge in [0.15, 0.2) is 11.5 Å². The highest BCUT2D eigenvalue weighted by Crippen LogP contribution is 2.24. The van der Waals surface area contributed by atoms with E-state index in [9.17, 15) is 4.79 Å². The molecule has 5 heteroatoms. The van der Waals surface area contributed by atoms with Crippen molar-refractivity contribution in [3.63, 3.8) is 0 Å². The van der Waals surface area contributed by atoms with Gasteiger partial charge in [0, 0.05) is 5.56 Å². The summed E-state index contributed by atoms with van der Waals surface area (Å²) >= 11 is 0. The molecule has 1 aliphatic heterocycles. The fraction of sp³-hybridized carbons (Fsp3) is 0.0667. The van der Waals surface area contributed by atoms with Crippen LogP contribution in [0, 0.1) is 0 Å². The number of carbonyl (C=O) groups is 1. The molecule has 1 aromatic heterocycles. The number of para-hydroxylation sites is 1. The standard InChI is InChI=1S/C15H11NO4/c1-18-12-6-3-2-5-10(12)9-11-15(17)20-14(16-11)13-7-4-8-19-13/h2-9H,1H3. The Kier molecular flexibility index (Phi) is 3.09. The third-order valence-electron chi connectivity index (χ3n) is 2.78. The summed E-state index contributed by atoms with van der Waals surface area (Å²) in [6.07, 6.45) is 3.12. The zero-order valence-corrected chi connectivity index (χ0v) is 10.7. The first-order valence-electron chi connectivity index (χ1n) is 5.97. The quantitative estimate of drug-likeness (QED) is 0.634. The van der Waals surface area contributed by atoms with Crippen LogP contribution in [0.25, 0.3) is 6.08 Å². The summed E-state index contributed by atoms with van der Waals surface area (Å²) in [4.78, 5) is 15.9. The van der Waals surface area contributed by atoms with Gasteiger partial charge in [0.1, 0.15) is 5.75 Å². The Morgan fingerprint density at radius 2 is 2.05 bits per heavy atom. The normalized spacial score (nSPS) is 16.1. The predicted octanol–water partition coefficient (Wildman–Crippen LogP) is 2.63. The Hall–Kier alpha value is -2.82. The van der Waals surface area contributed by atoms with E-state index in [0.717, 1.165) is 5.56 Å². The molecule has 1 aromatic carbocycles. The van der Waals surface area contributed by atoms with Gasteiger partial charge in [-0.2, -0.15) is 0 Å². The monoisotopic (exact) mass is 269 g/mol. The number of aliphatic imine (C=N–C) groups is 1. The molecule has 0 atom stereocenters. The van der Waals surface area contributed by atoms with Crippen molar-refractivity contribution < 1.29 is 18.7 Å². The zero-order chi connectivity index (χ0) is 13.9. The third kappa shape index (κ3) is 2.21. The average Bonchev–Trinajstić information content (AvgIpc) is 3.10. The molecule has 1 aliphatic rings. The van der Waals surface area contributed by atoms with Crippen LogP contribution in [0.1, 0.15) is 11.3 Å². The van der Waals surface area contributed by atoms with Gasteiger partial charge in [-0.3, -0.25) is 0 Å². The molecule has 0 amide bonds. The number of rotatable bonds is 3. The molecule has 0 N–H and O–H groups in total. The average molecular weight is 269 g/mol. The number of esters is 1. The third-order valence-corrected chi connectivity index (χ3v) is 2.78. The van der Waals surface area contributed by atoms with Crippen molar-refractivity contribution in [2.75, 3.05) is 7.11 Å². The van der Waals surface area contributed by atoms with Crippen LogP contribution in [0.3, 0.4) is 0 Å². The molecular formula is C15H11NO4. The second kappa shape index (κ2) is 5.05. The van der Waals surface area contributed by atoms with Crippen LogP contribution in [0.4, 0.5) is 0 Å². The number of benzene rings is 1. The van der Waals surface area contributed by atoms with Crippen LogP contribution in [-0.4, -0.2) is 19.0 Å². The van der Waals surface area contributed by atoms with Crippen molar-refractivity contribution in [2.45, 2.75) is 0 Å². The van der Waals surface area contributed by atoms with Gasteiger partial charge in [-0.1, -0.05) is 18.2 Å². The van der Waals surface area contributed by atoms with Crippen molar-refractivity contribution in [2.24, 2.45) is 4.99 Å². The highest BCUT2D eigenvalue weighted by molar-refractivity contribution is 6.11. The van der Waals surface area contributed by atoms with E-state index in [0.29, 0.717) is 11.5 Å². The Morgan fingerprint density at radius 3 is 2.80 bits per heavy atom. The molecular weight excluding hydrogens is 258 g/mol. The van der Waals surface area contributed by atoms with Crippen molar-refractivity contribution >= 4 is 17.9 Å². The van der Waals surface area contributed by atoms with Crippen molar-refractivity contribution in [1.82, 2.24) is 0 Å². The number of hydrogen-bond acceptors (Lipinski definition) is 5. The summed E-state index contributed by atoms with van der Waals surface area (Å²) in [6, 6.07) is 10.7. The summed E-state index contributed by atoms with van der Waals surface area (Å²) in [5.74, 6) is 0.736. The SMILES string of the molecule is COc1ccccc1C=C1N=C(c2ccco2)OC1=O. The highest BCUT2D eigenvalue weighted by atomic mass is 16.6. The lowest BCUT2D eigenvalue weighted by Gasteiger charge is -2.03. The number of hydrogen-bond donors (Lipinski definition) is 0. The van der Waals surface area contributed by atoms with Gasteiger partial charge in [0.05, 0.1) is 13.4 Å². The van der Waals surface area contributed by atoms with E-state index in [1.54, 1.807) is 25.3 Å². The van der Waals surface area contributed by atoms with Crippen LogP contribution < -0.4 is 4.74 Å². The number of furan rings is 1. The van der Waals surface area contributed by atoms with Gasteiger partial charge >= 0.3 is 5.97 Å². The second-order valence-corrected chi connectivity index (χ2v) is 4.06. The summed E-state index contributed by atoms with van der Waals surface area (Å²) < 4.78 is 15.4. The van der Waals surface area contributed by atoms with Gasteiger partial charge in [0.2, 0.25) is 0 Å². The summed E-state index contributed by atoms with van der Waals surface area (Å²) in [7, 11) is 1.57. The Balaban J connectivity index is 1.97. The van der Waals surface area contributed by atoms with Crippen molar-refractivity contribution in [1.29, 1.82) is 0 Å². The molecule has 0 unspecified atom stereocenters. The number of cyclic esters (lactones) is 1. The highest BCUT2D eigenvalue weighted by Gasteiger charge is 2.25. The summed E-state index contributed by atoms with van der Waals surface area (Å²) in [5.41, 5.74) is 0.965. The fourth-order valence-corrected chi connectivity index (χ4v) is 1.85. The van der Waals surface area contributed by atoms with E-state index in [1.807, 2.05) is 24.3 Å². The molecule has 0 bridgehead atoms. The smallest absolute Gasteiger partial charge is 0.363 e. The number of ether oxygens (including phenoxy) is 2. The fourth-order valence-electron chi connectivity index (χ4n) is 1.85. The summed E-state index contributed by atoms with van der Waals surface area (Å²) in [6.45, 7) is 0. The topological polar surface area (TPSA) is 61.0 Å². The van der Waals surface area contributed by atoms with Gasteiger partial charge in [-0.15, -0.1) is 0 Å². The second-order valence-electron chi connectivity index (χ2n) is 4.06. The molecule has 5 nitrogen and oxygen atoms in total. The summed E-state index contributed by atoms with van der Waals surface area (Å²) in [5, 5.41) is 0. The molecule has 20 heavy (non-hydrogen) atoms. The minimum absolute atomic E-state index is 0.168. The van der Waals surface area contributed by atoms with Gasteiger partial charge in [-0.25, -0.2) is 9.79 Å². The molecule has 0 saturated heterocycles. The van der Waals surface area contributed by atoms with E-state index in [4.69, 9.17) is 13.9 Å². The Bertz CT molecular complexity index is 698. The molecule has 0 spiro atoms.